The maximum atomic E-state index is 5.66. The summed E-state index contributed by atoms with van der Waals surface area (Å²) in [6.45, 7) is 7.40. The Kier molecular flexibility index (Phi) is 6.46. The quantitative estimate of drug-likeness (QED) is 0.621. The molecule has 1 radical (unpaired) electrons. The van der Waals surface area contributed by atoms with E-state index in [1.165, 1.54) is 18.4 Å². The summed E-state index contributed by atoms with van der Waals surface area (Å²) >= 11 is 0. The molecule has 0 saturated carbocycles. The fourth-order valence-electron chi connectivity index (χ4n) is 1.65. The van der Waals surface area contributed by atoms with Crippen LogP contribution in [0.3, 0.4) is 0 Å². The first kappa shape index (κ1) is 13.8. The molecule has 0 aliphatic rings. The molecule has 0 amide bonds. The Bertz CT molecular complexity index is 323. The lowest BCUT2D eigenvalue weighted by Crippen LogP contribution is -2.04. The molecule has 0 aliphatic heterocycles. The van der Waals surface area contributed by atoms with E-state index in [-0.39, 0.29) is 0 Å². The van der Waals surface area contributed by atoms with Crippen molar-refractivity contribution in [3.63, 3.8) is 0 Å². The third-order valence-corrected chi connectivity index (χ3v) is 2.77. The molecule has 1 heteroatoms. The number of hydrogen-bond donors (Lipinski definition) is 0. The summed E-state index contributed by atoms with van der Waals surface area (Å²) in [5.41, 5.74) is 1.41. The van der Waals surface area contributed by atoms with Gasteiger partial charge in [0.2, 0.25) is 0 Å². The van der Waals surface area contributed by atoms with Gasteiger partial charge >= 0.3 is 0 Å². The summed E-state index contributed by atoms with van der Waals surface area (Å²) in [7, 11) is 0. The Morgan fingerprint density at radius 1 is 1.41 bits per heavy atom. The van der Waals surface area contributed by atoms with Gasteiger partial charge < -0.3 is 4.74 Å². The molecule has 1 aromatic rings. The molecule has 0 aliphatic carbocycles. The maximum absolute atomic E-state index is 5.66. The van der Waals surface area contributed by atoms with Crippen LogP contribution in [0.1, 0.15) is 40.0 Å². The van der Waals surface area contributed by atoms with Crippen LogP contribution < -0.4 is 4.74 Å². The summed E-state index contributed by atoms with van der Waals surface area (Å²) in [5.74, 6) is 1.64. The van der Waals surface area contributed by atoms with Gasteiger partial charge in [0.05, 0.1) is 6.61 Å². The number of allylic oxidation sites excluding steroid dienone is 2. The van der Waals surface area contributed by atoms with Gasteiger partial charge in [-0.25, -0.2) is 0 Å². The Morgan fingerprint density at radius 3 is 2.88 bits per heavy atom. The van der Waals surface area contributed by atoms with E-state index in [1.807, 2.05) is 24.3 Å². The van der Waals surface area contributed by atoms with Crippen molar-refractivity contribution < 1.29 is 4.74 Å². The van der Waals surface area contributed by atoms with Crippen molar-refractivity contribution in [1.82, 2.24) is 0 Å². The Balaban J connectivity index is 2.12. The minimum Gasteiger partial charge on any atom is -0.494 e. The highest BCUT2D eigenvalue weighted by atomic mass is 16.5. The fourth-order valence-corrected chi connectivity index (χ4v) is 1.65. The molecule has 0 spiro atoms. The zero-order valence-electron chi connectivity index (χ0n) is 11.2. The highest BCUT2D eigenvalue weighted by Crippen LogP contribution is 2.14. The normalized spacial score (nSPS) is 11.9. The monoisotopic (exact) mass is 231 g/mol. The van der Waals surface area contributed by atoms with E-state index in [4.69, 9.17) is 4.74 Å². The third kappa shape index (κ3) is 6.83. The average molecular weight is 231 g/mol. The average Bonchev–Trinajstić information content (AvgIpc) is 2.30. The SMILES string of the molecule is CC(C)=CCCC(C)CCOc1c[c]ccc1. The van der Waals surface area contributed by atoms with Gasteiger partial charge in [-0.1, -0.05) is 30.7 Å². The first-order valence-corrected chi connectivity index (χ1v) is 6.40. The van der Waals surface area contributed by atoms with E-state index in [9.17, 15) is 0 Å². The van der Waals surface area contributed by atoms with Gasteiger partial charge in [0, 0.05) is 0 Å². The molecule has 0 bridgehead atoms. The van der Waals surface area contributed by atoms with Crippen LogP contribution in [0.2, 0.25) is 0 Å². The van der Waals surface area contributed by atoms with Gasteiger partial charge in [-0.3, -0.25) is 0 Å². The molecule has 0 saturated heterocycles. The predicted molar refractivity (Wildman–Crippen MR) is 73.2 cm³/mol. The van der Waals surface area contributed by atoms with E-state index < -0.39 is 0 Å². The molecule has 0 heterocycles. The van der Waals surface area contributed by atoms with E-state index in [2.05, 4.69) is 32.9 Å². The van der Waals surface area contributed by atoms with E-state index in [0.717, 1.165) is 24.7 Å². The molecule has 17 heavy (non-hydrogen) atoms. The topological polar surface area (TPSA) is 9.23 Å². The minimum absolute atomic E-state index is 0.721. The summed E-state index contributed by atoms with van der Waals surface area (Å²) in [6, 6.07) is 10.7. The van der Waals surface area contributed by atoms with E-state index in [1.54, 1.807) is 0 Å². The molecule has 1 unspecified atom stereocenters. The Hall–Kier alpha value is -1.24. The van der Waals surface area contributed by atoms with Crippen molar-refractivity contribution in [3.05, 3.63) is 42.0 Å². The number of benzene rings is 1. The third-order valence-electron chi connectivity index (χ3n) is 2.77. The Morgan fingerprint density at radius 2 is 2.24 bits per heavy atom. The molecule has 1 nitrogen and oxygen atoms in total. The lowest BCUT2D eigenvalue weighted by molar-refractivity contribution is 0.279. The van der Waals surface area contributed by atoms with E-state index >= 15 is 0 Å². The van der Waals surface area contributed by atoms with Crippen LogP contribution in [-0.2, 0) is 0 Å². The summed E-state index contributed by atoms with van der Waals surface area (Å²) in [5, 5.41) is 0. The predicted octanol–water partition coefficient (Wildman–Crippen LogP) is 4.64. The smallest absolute Gasteiger partial charge is 0.119 e. The van der Waals surface area contributed by atoms with Gasteiger partial charge in [-0.05, 0) is 57.2 Å². The highest BCUT2D eigenvalue weighted by Gasteiger charge is 2.01. The minimum atomic E-state index is 0.721. The molecule has 1 rings (SSSR count). The van der Waals surface area contributed by atoms with Crippen molar-refractivity contribution in [1.29, 1.82) is 0 Å². The molecule has 0 aromatic heterocycles. The van der Waals surface area contributed by atoms with Gasteiger partial charge in [0.1, 0.15) is 5.75 Å². The zero-order valence-corrected chi connectivity index (χ0v) is 11.2. The fraction of sp³-hybridized carbons (Fsp3) is 0.500. The second-order valence-electron chi connectivity index (χ2n) is 4.84. The molecular weight excluding hydrogens is 208 g/mol. The Labute approximate surface area is 106 Å². The number of hydrogen-bond acceptors (Lipinski definition) is 1. The van der Waals surface area contributed by atoms with Gasteiger partial charge in [-0.15, -0.1) is 0 Å². The van der Waals surface area contributed by atoms with Crippen LogP contribution in [0.15, 0.2) is 35.9 Å². The molecule has 1 aromatic carbocycles. The molecule has 1 atom stereocenters. The van der Waals surface area contributed by atoms with Crippen molar-refractivity contribution in [2.45, 2.75) is 40.0 Å². The lowest BCUT2D eigenvalue weighted by Gasteiger charge is -2.11. The van der Waals surface area contributed by atoms with Crippen molar-refractivity contribution in [2.75, 3.05) is 6.61 Å². The van der Waals surface area contributed by atoms with Crippen LogP contribution in [0.5, 0.6) is 5.75 Å². The van der Waals surface area contributed by atoms with Crippen molar-refractivity contribution in [2.24, 2.45) is 5.92 Å². The standard InChI is InChI=1S/C16H23O/c1-14(2)8-7-9-15(3)12-13-17-16-10-5-4-6-11-16/h4-5,8,10-11,15H,7,9,12-13H2,1-3H3. The molecule has 0 fully saturated rings. The molecular formula is C16H23O. The maximum Gasteiger partial charge on any atom is 0.119 e. The van der Waals surface area contributed by atoms with Gasteiger partial charge in [0.25, 0.3) is 0 Å². The largest absolute Gasteiger partial charge is 0.494 e. The van der Waals surface area contributed by atoms with E-state index in [0.29, 0.717) is 0 Å². The van der Waals surface area contributed by atoms with Crippen molar-refractivity contribution in [3.8, 4) is 5.75 Å². The van der Waals surface area contributed by atoms with Crippen LogP contribution in [0.25, 0.3) is 0 Å². The highest BCUT2D eigenvalue weighted by molar-refractivity contribution is 5.19. The number of rotatable bonds is 7. The summed E-state index contributed by atoms with van der Waals surface area (Å²) < 4.78 is 5.66. The second kappa shape index (κ2) is 7.94. The van der Waals surface area contributed by atoms with Gasteiger partial charge in [0.15, 0.2) is 0 Å². The molecule has 0 N–H and O–H groups in total. The molecule has 93 valence electrons. The second-order valence-corrected chi connectivity index (χ2v) is 4.84. The first-order valence-electron chi connectivity index (χ1n) is 6.40. The van der Waals surface area contributed by atoms with Crippen LogP contribution in [0, 0.1) is 12.0 Å². The lowest BCUT2D eigenvalue weighted by atomic mass is 10.0. The van der Waals surface area contributed by atoms with Crippen LogP contribution in [0.4, 0.5) is 0 Å². The summed E-state index contributed by atoms with van der Waals surface area (Å²) in [4.78, 5) is 0. The van der Waals surface area contributed by atoms with Crippen LogP contribution >= 0.6 is 0 Å². The first-order chi connectivity index (χ1) is 8.18. The number of ether oxygens (including phenoxy) is 1. The summed E-state index contributed by atoms with van der Waals surface area (Å²) in [6.07, 6.45) is 5.85. The zero-order chi connectivity index (χ0) is 12.5. The van der Waals surface area contributed by atoms with Crippen LogP contribution in [-0.4, -0.2) is 6.61 Å². The van der Waals surface area contributed by atoms with Crippen molar-refractivity contribution >= 4 is 0 Å². The van der Waals surface area contributed by atoms with Gasteiger partial charge in [-0.2, -0.15) is 0 Å².